The van der Waals surface area contributed by atoms with Crippen molar-refractivity contribution < 1.29 is 18.9 Å². The third-order valence-electron chi connectivity index (χ3n) is 4.83. The van der Waals surface area contributed by atoms with Crippen LogP contribution in [0.15, 0.2) is 48.8 Å². The van der Waals surface area contributed by atoms with E-state index < -0.39 is 0 Å². The van der Waals surface area contributed by atoms with Crippen molar-refractivity contribution in [2.75, 3.05) is 28.4 Å². The normalized spacial score (nSPS) is 10.5. The van der Waals surface area contributed by atoms with Crippen molar-refractivity contribution in [3.63, 3.8) is 0 Å². The van der Waals surface area contributed by atoms with E-state index in [1.807, 2.05) is 25.3 Å². The molecule has 1 aromatic heterocycles. The van der Waals surface area contributed by atoms with E-state index in [0.717, 1.165) is 27.8 Å². The van der Waals surface area contributed by atoms with Gasteiger partial charge in [0.2, 0.25) is 11.5 Å². The molecule has 0 fully saturated rings. The highest BCUT2D eigenvalue weighted by atomic mass is 16.5. The second-order valence-electron chi connectivity index (χ2n) is 6.35. The van der Waals surface area contributed by atoms with Crippen LogP contribution in [0.3, 0.4) is 0 Å². The number of hydrogen-bond acceptors (Lipinski definition) is 5. The Morgan fingerprint density at radius 3 is 1.86 bits per heavy atom. The van der Waals surface area contributed by atoms with E-state index in [-0.39, 0.29) is 0 Å². The van der Waals surface area contributed by atoms with Gasteiger partial charge in [-0.15, -0.1) is 0 Å². The highest BCUT2D eigenvalue weighted by molar-refractivity contribution is 5.68. The first kappa shape index (κ1) is 19.5. The van der Waals surface area contributed by atoms with Gasteiger partial charge in [-0.05, 0) is 29.7 Å². The van der Waals surface area contributed by atoms with Gasteiger partial charge in [-0.3, -0.25) is 4.98 Å². The average molecular weight is 379 g/mol. The molecule has 0 amide bonds. The van der Waals surface area contributed by atoms with Crippen molar-refractivity contribution in [1.82, 2.24) is 4.98 Å². The van der Waals surface area contributed by atoms with Crippen molar-refractivity contribution >= 4 is 0 Å². The largest absolute Gasteiger partial charge is 0.492 e. The molecule has 0 aliphatic heterocycles. The molecular formula is C23H25NO4. The molecule has 0 atom stereocenters. The van der Waals surface area contributed by atoms with Gasteiger partial charge in [0.25, 0.3) is 0 Å². The summed E-state index contributed by atoms with van der Waals surface area (Å²) < 4.78 is 22.4. The molecule has 146 valence electrons. The number of nitrogens with zero attached hydrogens (tertiary/aromatic N) is 1. The molecule has 0 aliphatic carbocycles. The van der Waals surface area contributed by atoms with Gasteiger partial charge < -0.3 is 18.9 Å². The molecule has 28 heavy (non-hydrogen) atoms. The van der Waals surface area contributed by atoms with Crippen LogP contribution in [0.1, 0.15) is 16.7 Å². The minimum Gasteiger partial charge on any atom is -0.492 e. The molecule has 0 saturated heterocycles. The summed E-state index contributed by atoms with van der Waals surface area (Å²) in [5, 5.41) is 0. The van der Waals surface area contributed by atoms with E-state index in [2.05, 4.69) is 29.2 Å². The lowest BCUT2D eigenvalue weighted by atomic mass is 9.96. The van der Waals surface area contributed by atoms with Gasteiger partial charge in [-0.2, -0.15) is 0 Å². The lowest BCUT2D eigenvalue weighted by Gasteiger charge is -2.21. The summed E-state index contributed by atoms with van der Waals surface area (Å²) in [5.41, 5.74) is 5.35. The first-order valence-corrected chi connectivity index (χ1v) is 8.99. The second kappa shape index (κ2) is 8.65. The van der Waals surface area contributed by atoms with Crippen molar-refractivity contribution in [3.05, 3.63) is 65.5 Å². The average Bonchev–Trinajstić information content (AvgIpc) is 2.75. The van der Waals surface area contributed by atoms with E-state index in [0.29, 0.717) is 29.4 Å². The van der Waals surface area contributed by atoms with E-state index in [1.165, 1.54) is 0 Å². The highest BCUT2D eigenvalue weighted by Gasteiger charge is 2.25. The molecule has 0 N–H and O–H groups in total. The van der Waals surface area contributed by atoms with Crippen molar-refractivity contribution in [2.45, 2.75) is 13.3 Å². The quantitative estimate of drug-likeness (QED) is 0.596. The number of rotatable bonds is 7. The van der Waals surface area contributed by atoms with E-state index >= 15 is 0 Å². The Hall–Kier alpha value is -3.21. The Bertz CT molecular complexity index is 937. The lowest BCUT2D eigenvalue weighted by Crippen LogP contribution is -2.05. The fraction of sp³-hybridized carbons (Fsp3) is 0.261. The fourth-order valence-electron chi connectivity index (χ4n) is 3.42. The number of aromatic nitrogens is 1. The third-order valence-corrected chi connectivity index (χ3v) is 4.83. The molecule has 0 saturated carbocycles. The zero-order chi connectivity index (χ0) is 20.1. The van der Waals surface area contributed by atoms with Crippen LogP contribution in [0, 0.1) is 6.92 Å². The van der Waals surface area contributed by atoms with Gasteiger partial charge in [0.15, 0.2) is 11.5 Å². The molecule has 0 unspecified atom stereocenters. The van der Waals surface area contributed by atoms with Crippen LogP contribution in [-0.4, -0.2) is 33.4 Å². The van der Waals surface area contributed by atoms with Crippen molar-refractivity contribution in [2.24, 2.45) is 0 Å². The first-order chi connectivity index (χ1) is 13.6. The number of ether oxygens (including phenoxy) is 4. The summed E-state index contributed by atoms with van der Waals surface area (Å²) in [4.78, 5) is 4.18. The summed E-state index contributed by atoms with van der Waals surface area (Å²) in [6.45, 7) is 2.00. The van der Waals surface area contributed by atoms with Crippen LogP contribution < -0.4 is 18.9 Å². The summed E-state index contributed by atoms with van der Waals surface area (Å²) in [6, 6.07) is 12.4. The van der Waals surface area contributed by atoms with Crippen LogP contribution in [0.2, 0.25) is 0 Å². The third kappa shape index (κ3) is 3.60. The fourth-order valence-corrected chi connectivity index (χ4v) is 3.42. The monoisotopic (exact) mass is 379 g/mol. The Kier molecular flexibility index (Phi) is 6.04. The molecule has 3 aromatic rings. The van der Waals surface area contributed by atoms with Crippen LogP contribution in [0.4, 0.5) is 0 Å². The minimum absolute atomic E-state index is 0.537. The van der Waals surface area contributed by atoms with Crippen molar-refractivity contribution in [1.29, 1.82) is 0 Å². The maximum absolute atomic E-state index is 5.69. The Balaban J connectivity index is 2.02. The Morgan fingerprint density at radius 2 is 1.32 bits per heavy atom. The number of hydrogen-bond donors (Lipinski definition) is 0. The van der Waals surface area contributed by atoms with Crippen LogP contribution >= 0.6 is 0 Å². The first-order valence-electron chi connectivity index (χ1n) is 8.99. The lowest BCUT2D eigenvalue weighted by molar-refractivity contribution is 0.302. The highest BCUT2D eigenvalue weighted by Crippen LogP contribution is 2.49. The second-order valence-corrected chi connectivity index (χ2v) is 6.35. The number of pyridine rings is 1. The standard InChI is InChI=1S/C23H25NO4/c1-15-19(21(26-3)23(28-5)22(27-4)20(15)25-2)13-16-8-10-17(11-9-16)18-7-6-12-24-14-18/h6-12,14H,13H2,1-5H3. The van der Waals surface area contributed by atoms with Crippen LogP contribution in [0.5, 0.6) is 23.0 Å². The molecule has 1 heterocycles. The minimum atomic E-state index is 0.537. The number of methoxy groups -OCH3 is 4. The topological polar surface area (TPSA) is 49.8 Å². The molecule has 5 heteroatoms. The predicted octanol–water partition coefficient (Wildman–Crippen LogP) is 4.68. The van der Waals surface area contributed by atoms with Gasteiger partial charge in [-0.1, -0.05) is 30.3 Å². The summed E-state index contributed by atoms with van der Waals surface area (Å²) in [7, 11) is 6.46. The molecule has 2 aromatic carbocycles. The molecule has 0 spiro atoms. The van der Waals surface area contributed by atoms with E-state index in [4.69, 9.17) is 18.9 Å². The van der Waals surface area contributed by atoms with Gasteiger partial charge >= 0.3 is 0 Å². The summed E-state index contributed by atoms with van der Waals surface area (Å²) >= 11 is 0. The van der Waals surface area contributed by atoms with Gasteiger partial charge in [0.05, 0.1) is 28.4 Å². The molecule has 5 nitrogen and oxygen atoms in total. The smallest absolute Gasteiger partial charge is 0.207 e. The zero-order valence-corrected chi connectivity index (χ0v) is 16.9. The van der Waals surface area contributed by atoms with Gasteiger partial charge in [-0.25, -0.2) is 0 Å². The maximum Gasteiger partial charge on any atom is 0.207 e. The summed E-state index contributed by atoms with van der Waals surface area (Å²) in [5.74, 6) is 2.39. The molecule has 0 bridgehead atoms. The molecule has 0 radical (unpaired) electrons. The predicted molar refractivity (Wildman–Crippen MR) is 110 cm³/mol. The Labute approximate surface area is 165 Å². The van der Waals surface area contributed by atoms with Gasteiger partial charge in [0, 0.05) is 29.9 Å². The summed E-state index contributed by atoms with van der Waals surface area (Å²) in [6.07, 6.45) is 4.32. The maximum atomic E-state index is 5.69. The molecular weight excluding hydrogens is 354 g/mol. The van der Waals surface area contributed by atoms with Gasteiger partial charge in [0.1, 0.15) is 0 Å². The van der Waals surface area contributed by atoms with Crippen LogP contribution in [-0.2, 0) is 6.42 Å². The Morgan fingerprint density at radius 1 is 0.714 bits per heavy atom. The molecule has 3 rings (SSSR count). The number of benzene rings is 2. The zero-order valence-electron chi connectivity index (χ0n) is 16.9. The van der Waals surface area contributed by atoms with E-state index in [9.17, 15) is 0 Å². The van der Waals surface area contributed by atoms with Crippen LogP contribution in [0.25, 0.3) is 11.1 Å². The SMILES string of the molecule is COc1c(C)c(Cc2ccc(-c3cccnc3)cc2)c(OC)c(OC)c1OC. The van der Waals surface area contributed by atoms with E-state index in [1.54, 1.807) is 34.6 Å². The molecule has 0 aliphatic rings. The van der Waals surface area contributed by atoms with Crippen molar-refractivity contribution in [3.8, 4) is 34.1 Å².